The second kappa shape index (κ2) is 8.82. The van der Waals surface area contributed by atoms with Gasteiger partial charge in [-0.1, -0.05) is 42.5 Å². The van der Waals surface area contributed by atoms with Gasteiger partial charge in [0.25, 0.3) is 5.91 Å². The predicted molar refractivity (Wildman–Crippen MR) is 111 cm³/mol. The zero-order valence-corrected chi connectivity index (χ0v) is 17.4. The van der Waals surface area contributed by atoms with Crippen LogP contribution >= 0.6 is 0 Å². The number of urea groups is 1. The molecule has 0 aromatic heterocycles. The molecule has 2 fully saturated rings. The fraction of sp³-hybridized carbons (Fsp3) is 0.391. The number of carbonyl (C=O) groups is 2. The fourth-order valence-corrected chi connectivity index (χ4v) is 4.30. The van der Waals surface area contributed by atoms with Gasteiger partial charge in [0.1, 0.15) is 11.3 Å². The molecule has 2 aromatic rings. The maximum atomic E-state index is 13.3. The molecular weight excluding hydrogens is 423 g/mol. The third kappa shape index (κ3) is 5.04. The molecule has 2 aliphatic heterocycles. The van der Waals surface area contributed by atoms with Crippen molar-refractivity contribution < 1.29 is 27.5 Å². The number of halogens is 3. The zero-order valence-electron chi connectivity index (χ0n) is 17.4. The van der Waals surface area contributed by atoms with E-state index < -0.39 is 24.4 Å². The number of hydrogen-bond acceptors (Lipinski definition) is 4. The number of benzene rings is 2. The molecule has 2 aliphatic rings. The molecule has 1 unspecified atom stereocenters. The summed E-state index contributed by atoms with van der Waals surface area (Å²) in [6, 6.07) is 15.4. The van der Waals surface area contributed by atoms with Gasteiger partial charge in [0.05, 0.1) is 6.54 Å². The molecule has 32 heavy (non-hydrogen) atoms. The van der Waals surface area contributed by atoms with Gasteiger partial charge < -0.3 is 10.1 Å². The standard InChI is InChI=1S/C23H24F3N3O3/c24-23(25,26)16-32-19-9-4-8-18(12-19)14-29-20(30)22(27-21(29)31)10-5-11-28(15-22)13-17-6-2-1-3-7-17/h1-4,6-9,12H,5,10-11,13-16H2,(H,27,31). The first-order valence-corrected chi connectivity index (χ1v) is 10.4. The molecule has 2 heterocycles. The summed E-state index contributed by atoms with van der Waals surface area (Å²) >= 11 is 0. The smallest absolute Gasteiger partial charge is 0.422 e. The second-order valence-electron chi connectivity index (χ2n) is 8.25. The number of carbonyl (C=O) groups excluding carboxylic acids is 2. The Bertz CT molecular complexity index is 983. The predicted octanol–water partition coefficient (Wildman–Crippen LogP) is 3.71. The number of hydrogen-bond donors (Lipinski definition) is 1. The van der Waals surface area contributed by atoms with Crippen LogP contribution in [0.3, 0.4) is 0 Å². The summed E-state index contributed by atoms with van der Waals surface area (Å²) in [5.74, 6) is -0.268. The topological polar surface area (TPSA) is 61.9 Å². The van der Waals surface area contributed by atoms with Gasteiger partial charge in [0.2, 0.25) is 0 Å². The number of alkyl halides is 3. The number of nitrogens with zero attached hydrogens (tertiary/aromatic N) is 2. The molecule has 2 aromatic carbocycles. The Morgan fingerprint density at radius 2 is 1.75 bits per heavy atom. The Morgan fingerprint density at radius 1 is 1.00 bits per heavy atom. The van der Waals surface area contributed by atoms with Crippen LogP contribution in [0.2, 0.25) is 0 Å². The number of piperidine rings is 1. The van der Waals surface area contributed by atoms with E-state index in [0.29, 0.717) is 25.1 Å². The van der Waals surface area contributed by atoms with Crippen LogP contribution in [0.15, 0.2) is 54.6 Å². The van der Waals surface area contributed by atoms with Gasteiger partial charge in [-0.15, -0.1) is 0 Å². The quantitative estimate of drug-likeness (QED) is 0.686. The van der Waals surface area contributed by atoms with Crippen molar-refractivity contribution in [2.24, 2.45) is 0 Å². The molecule has 1 N–H and O–H groups in total. The SMILES string of the molecule is O=C1NC2(CCCN(Cc3ccccc3)C2)C(=O)N1Cc1cccc(OCC(F)(F)F)c1. The summed E-state index contributed by atoms with van der Waals surface area (Å²) in [4.78, 5) is 29.2. The van der Waals surface area contributed by atoms with Gasteiger partial charge >= 0.3 is 12.2 Å². The number of ether oxygens (including phenoxy) is 1. The van der Waals surface area contributed by atoms with Crippen molar-refractivity contribution in [1.82, 2.24) is 15.1 Å². The molecule has 1 atom stereocenters. The van der Waals surface area contributed by atoms with Crippen LogP contribution < -0.4 is 10.1 Å². The Morgan fingerprint density at radius 3 is 2.50 bits per heavy atom. The Balaban J connectivity index is 1.43. The molecule has 170 valence electrons. The van der Waals surface area contributed by atoms with Crippen LogP contribution in [0, 0.1) is 0 Å². The lowest BCUT2D eigenvalue weighted by molar-refractivity contribution is -0.153. The molecule has 3 amide bonds. The van der Waals surface area contributed by atoms with E-state index in [1.165, 1.54) is 18.2 Å². The molecule has 0 saturated carbocycles. The highest BCUT2D eigenvalue weighted by Crippen LogP contribution is 2.30. The molecule has 1 spiro atoms. The average Bonchev–Trinajstić information content (AvgIpc) is 2.97. The van der Waals surface area contributed by atoms with Crippen LogP contribution in [-0.4, -0.2) is 53.1 Å². The van der Waals surface area contributed by atoms with Crippen LogP contribution in [0.5, 0.6) is 5.75 Å². The lowest BCUT2D eigenvalue weighted by Crippen LogP contribution is -2.58. The van der Waals surface area contributed by atoms with E-state index in [0.717, 1.165) is 23.4 Å². The normalized spacial score (nSPS) is 21.8. The molecule has 6 nitrogen and oxygen atoms in total. The minimum Gasteiger partial charge on any atom is -0.484 e. The van der Waals surface area contributed by atoms with E-state index in [1.54, 1.807) is 6.07 Å². The van der Waals surface area contributed by atoms with Gasteiger partial charge in [-0.25, -0.2) is 4.79 Å². The lowest BCUT2D eigenvalue weighted by Gasteiger charge is -2.38. The van der Waals surface area contributed by atoms with Crippen molar-refractivity contribution in [2.75, 3.05) is 19.7 Å². The van der Waals surface area contributed by atoms with Crippen molar-refractivity contribution in [3.8, 4) is 5.75 Å². The molecule has 2 saturated heterocycles. The van der Waals surface area contributed by atoms with Crippen molar-refractivity contribution in [3.63, 3.8) is 0 Å². The minimum atomic E-state index is -4.44. The Hall–Kier alpha value is -3.07. The molecule has 0 bridgehead atoms. The third-order valence-electron chi connectivity index (χ3n) is 5.71. The number of imide groups is 1. The number of nitrogens with one attached hydrogen (secondary N) is 1. The van der Waals surface area contributed by atoms with Crippen LogP contribution in [0.4, 0.5) is 18.0 Å². The van der Waals surface area contributed by atoms with E-state index in [4.69, 9.17) is 4.74 Å². The minimum absolute atomic E-state index is 0.0334. The largest absolute Gasteiger partial charge is 0.484 e. The molecule has 0 aliphatic carbocycles. The van der Waals surface area contributed by atoms with Gasteiger partial charge in [-0.3, -0.25) is 14.6 Å². The van der Waals surface area contributed by atoms with Crippen molar-refractivity contribution >= 4 is 11.9 Å². The third-order valence-corrected chi connectivity index (χ3v) is 5.71. The van der Waals surface area contributed by atoms with Crippen molar-refractivity contribution in [2.45, 2.75) is 37.6 Å². The van der Waals surface area contributed by atoms with E-state index in [2.05, 4.69) is 10.2 Å². The maximum absolute atomic E-state index is 13.3. The summed E-state index contributed by atoms with van der Waals surface area (Å²) in [6.07, 6.45) is -3.12. The fourth-order valence-electron chi connectivity index (χ4n) is 4.30. The number of amides is 3. The highest BCUT2D eigenvalue weighted by Gasteiger charge is 2.52. The van der Waals surface area contributed by atoms with Gasteiger partial charge in [0, 0.05) is 13.1 Å². The Labute approximate surface area is 183 Å². The highest BCUT2D eigenvalue weighted by molar-refractivity contribution is 6.07. The van der Waals surface area contributed by atoms with E-state index >= 15 is 0 Å². The molecular formula is C23H24F3N3O3. The van der Waals surface area contributed by atoms with Crippen molar-refractivity contribution in [3.05, 3.63) is 65.7 Å². The van der Waals surface area contributed by atoms with Crippen LogP contribution in [0.25, 0.3) is 0 Å². The summed E-state index contributed by atoms with van der Waals surface area (Å²) in [5, 5.41) is 2.88. The first-order chi connectivity index (χ1) is 15.2. The summed E-state index contributed by atoms with van der Waals surface area (Å²) < 4.78 is 42.0. The highest BCUT2D eigenvalue weighted by atomic mass is 19.4. The second-order valence-corrected chi connectivity index (χ2v) is 8.25. The molecule has 4 rings (SSSR count). The van der Waals surface area contributed by atoms with Gasteiger partial charge in [-0.2, -0.15) is 13.2 Å². The average molecular weight is 447 g/mol. The van der Waals surface area contributed by atoms with E-state index in [9.17, 15) is 22.8 Å². The lowest BCUT2D eigenvalue weighted by atomic mass is 9.88. The zero-order chi connectivity index (χ0) is 22.8. The van der Waals surface area contributed by atoms with E-state index in [-0.39, 0.29) is 18.2 Å². The Kier molecular flexibility index (Phi) is 6.10. The first kappa shape index (κ1) is 22.1. The summed E-state index contributed by atoms with van der Waals surface area (Å²) in [5.41, 5.74) is 0.671. The van der Waals surface area contributed by atoms with Crippen molar-refractivity contribution in [1.29, 1.82) is 0 Å². The summed E-state index contributed by atoms with van der Waals surface area (Å²) in [7, 11) is 0. The van der Waals surface area contributed by atoms with Crippen LogP contribution in [0.1, 0.15) is 24.0 Å². The first-order valence-electron chi connectivity index (χ1n) is 10.4. The van der Waals surface area contributed by atoms with Gasteiger partial charge in [0.15, 0.2) is 6.61 Å². The molecule has 9 heteroatoms. The van der Waals surface area contributed by atoms with Gasteiger partial charge in [-0.05, 0) is 42.6 Å². The summed E-state index contributed by atoms with van der Waals surface area (Å²) in [6.45, 7) is 0.495. The number of likely N-dealkylation sites (tertiary alicyclic amines) is 1. The van der Waals surface area contributed by atoms with Crippen LogP contribution in [-0.2, 0) is 17.9 Å². The van der Waals surface area contributed by atoms with E-state index in [1.807, 2.05) is 30.3 Å². The maximum Gasteiger partial charge on any atom is 0.422 e. The monoisotopic (exact) mass is 447 g/mol. The number of rotatable bonds is 6. The molecule has 0 radical (unpaired) electrons.